The Hall–Kier alpha value is -1.13. The zero-order valence-electron chi connectivity index (χ0n) is 7.71. The average Bonchev–Trinajstić information content (AvgIpc) is 2.23. The summed E-state index contributed by atoms with van der Waals surface area (Å²) in [7, 11) is 0. The van der Waals surface area contributed by atoms with Gasteiger partial charge in [-0.25, -0.2) is 10.8 Å². The van der Waals surface area contributed by atoms with Crippen LogP contribution < -0.4 is 11.3 Å². The van der Waals surface area contributed by atoms with Crippen LogP contribution in [0.15, 0.2) is 28.7 Å². The number of fused-ring (bicyclic) bond motifs is 1. The van der Waals surface area contributed by atoms with Crippen LogP contribution in [0.2, 0.25) is 0 Å². The molecule has 72 valence electrons. The summed E-state index contributed by atoms with van der Waals surface area (Å²) in [6, 6.07) is 7.90. The minimum absolute atomic E-state index is 0.679. The normalized spacial score (nSPS) is 10.5. The standard InChI is InChI=1S/C10H10BrN3/c1-6-2-4-8(11)7-3-5-9(14-12)13-10(6)7/h2-5H,12H2,1H3,(H,13,14). The Labute approximate surface area is 90.4 Å². The SMILES string of the molecule is Cc1ccc(Br)c2ccc(NN)nc12. The third-order valence-corrected chi connectivity index (χ3v) is 2.85. The van der Waals surface area contributed by atoms with E-state index in [0.717, 1.165) is 20.9 Å². The van der Waals surface area contributed by atoms with Crippen molar-refractivity contribution in [2.75, 3.05) is 5.43 Å². The smallest absolute Gasteiger partial charge is 0.140 e. The second-order valence-electron chi connectivity index (χ2n) is 3.10. The van der Waals surface area contributed by atoms with Crippen molar-refractivity contribution in [1.29, 1.82) is 0 Å². The summed E-state index contributed by atoms with van der Waals surface area (Å²) in [6.07, 6.45) is 0. The lowest BCUT2D eigenvalue weighted by molar-refractivity contribution is 1.25. The lowest BCUT2D eigenvalue weighted by Gasteiger charge is -2.05. The average molecular weight is 252 g/mol. The molecule has 0 fully saturated rings. The first-order chi connectivity index (χ1) is 6.72. The number of anilines is 1. The van der Waals surface area contributed by atoms with E-state index in [1.165, 1.54) is 0 Å². The zero-order valence-corrected chi connectivity index (χ0v) is 9.30. The van der Waals surface area contributed by atoms with Gasteiger partial charge in [0.2, 0.25) is 0 Å². The van der Waals surface area contributed by atoms with Gasteiger partial charge in [-0.2, -0.15) is 0 Å². The molecule has 2 rings (SSSR count). The second kappa shape index (κ2) is 3.55. The molecule has 3 nitrogen and oxygen atoms in total. The van der Waals surface area contributed by atoms with Crippen LogP contribution in [-0.4, -0.2) is 4.98 Å². The molecule has 0 aliphatic heterocycles. The summed E-state index contributed by atoms with van der Waals surface area (Å²) in [5, 5.41) is 1.10. The molecule has 2 aromatic rings. The molecular formula is C10H10BrN3. The lowest BCUT2D eigenvalue weighted by Crippen LogP contribution is -2.08. The molecule has 3 N–H and O–H groups in total. The molecular weight excluding hydrogens is 242 g/mol. The Morgan fingerprint density at radius 3 is 2.79 bits per heavy atom. The quantitative estimate of drug-likeness (QED) is 0.605. The van der Waals surface area contributed by atoms with Crippen LogP contribution in [0.25, 0.3) is 10.9 Å². The third kappa shape index (κ3) is 1.47. The highest BCUT2D eigenvalue weighted by Gasteiger charge is 2.03. The highest BCUT2D eigenvalue weighted by atomic mass is 79.9. The largest absolute Gasteiger partial charge is 0.308 e. The number of nitrogens with one attached hydrogen (secondary N) is 1. The molecule has 0 amide bonds. The van der Waals surface area contributed by atoms with E-state index in [0.29, 0.717) is 5.82 Å². The summed E-state index contributed by atoms with van der Waals surface area (Å²) in [5.74, 6) is 5.98. The first kappa shape index (κ1) is 9.43. The zero-order chi connectivity index (χ0) is 10.1. The number of nitrogens with two attached hydrogens (primary N) is 1. The highest BCUT2D eigenvalue weighted by Crippen LogP contribution is 2.26. The second-order valence-corrected chi connectivity index (χ2v) is 3.96. The van der Waals surface area contributed by atoms with Crippen molar-refractivity contribution in [2.24, 2.45) is 5.84 Å². The monoisotopic (exact) mass is 251 g/mol. The predicted molar refractivity (Wildman–Crippen MR) is 62.0 cm³/mol. The number of nitrogen functional groups attached to an aromatic ring is 1. The number of benzene rings is 1. The fourth-order valence-electron chi connectivity index (χ4n) is 1.40. The number of rotatable bonds is 1. The van der Waals surface area contributed by atoms with Gasteiger partial charge in [0.25, 0.3) is 0 Å². The van der Waals surface area contributed by atoms with Crippen LogP contribution in [0.5, 0.6) is 0 Å². The molecule has 0 radical (unpaired) electrons. The number of hydrogen-bond donors (Lipinski definition) is 2. The van der Waals surface area contributed by atoms with Gasteiger partial charge in [-0.15, -0.1) is 0 Å². The maximum Gasteiger partial charge on any atom is 0.140 e. The molecule has 0 atom stereocenters. The highest BCUT2D eigenvalue weighted by molar-refractivity contribution is 9.10. The van der Waals surface area contributed by atoms with Crippen molar-refractivity contribution < 1.29 is 0 Å². The van der Waals surface area contributed by atoms with Gasteiger partial charge >= 0.3 is 0 Å². The summed E-state index contributed by atoms with van der Waals surface area (Å²) in [4.78, 5) is 4.39. The molecule has 0 aliphatic carbocycles. The van der Waals surface area contributed by atoms with Crippen LogP contribution in [0.1, 0.15) is 5.56 Å². The summed E-state index contributed by atoms with van der Waals surface area (Å²) >= 11 is 3.49. The van der Waals surface area contributed by atoms with Crippen molar-refractivity contribution >= 4 is 32.7 Å². The number of hydrogen-bond acceptors (Lipinski definition) is 3. The van der Waals surface area contributed by atoms with Gasteiger partial charge in [0.15, 0.2) is 0 Å². The number of aromatic nitrogens is 1. The van der Waals surface area contributed by atoms with Crippen LogP contribution >= 0.6 is 15.9 Å². The predicted octanol–water partition coefficient (Wildman–Crippen LogP) is 2.59. The number of hydrazine groups is 1. The van der Waals surface area contributed by atoms with Gasteiger partial charge in [0.05, 0.1) is 5.52 Å². The number of nitrogens with zero attached hydrogens (tertiary/aromatic N) is 1. The van der Waals surface area contributed by atoms with E-state index in [1.807, 2.05) is 31.2 Å². The van der Waals surface area contributed by atoms with E-state index >= 15 is 0 Å². The van der Waals surface area contributed by atoms with E-state index in [2.05, 4.69) is 26.3 Å². The minimum Gasteiger partial charge on any atom is -0.308 e. The van der Waals surface area contributed by atoms with Crippen molar-refractivity contribution in [2.45, 2.75) is 6.92 Å². The van der Waals surface area contributed by atoms with E-state index in [-0.39, 0.29) is 0 Å². The molecule has 14 heavy (non-hydrogen) atoms. The number of pyridine rings is 1. The van der Waals surface area contributed by atoms with E-state index in [1.54, 1.807) is 0 Å². The molecule has 4 heteroatoms. The van der Waals surface area contributed by atoms with Gasteiger partial charge in [0.1, 0.15) is 5.82 Å². The third-order valence-electron chi connectivity index (χ3n) is 2.15. The fourth-order valence-corrected chi connectivity index (χ4v) is 1.85. The molecule has 0 bridgehead atoms. The van der Waals surface area contributed by atoms with Gasteiger partial charge in [-0.05, 0) is 30.7 Å². The van der Waals surface area contributed by atoms with Gasteiger partial charge in [0, 0.05) is 9.86 Å². The van der Waals surface area contributed by atoms with Crippen LogP contribution in [-0.2, 0) is 0 Å². The van der Waals surface area contributed by atoms with Crippen molar-refractivity contribution in [1.82, 2.24) is 4.98 Å². The Balaban J connectivity index is 2.80. The number of halogens is 1. The molecule has 0 unspecified atom stereocenters. The van der Waals surface area contributed by atoms with Crippen molar-refractivity contribution in [3.63, 3.8) is 0 Å². The first-order valence-corrected chi connectivity index (χ1v) is 5.04. The van der Waals surface area contributed by atoms with Crippen LogP contribution in [0.4, 0.5) is 5.82 Å². The fraction of sp³-hybridized carbons (Fsp3) is 0.100. The number of aryl methyl sites for hydroxylation is 1. The van der Waals surface area contributed by atoms with E-state index in [9.17, 15) is 0 Å². The molecule has 0 saturated heterocycles. The van der Waals surface area contributed by atoms with Gasteiger partial charge in [-0.1, -0.05) is 22.0 Å². The molecule has 0 spiro atoms. The molecule has 1 heterocycles. The lowest BCUT2D eigenvalue weighted by atomic mass is 10.1. The Morgan fingerprint density at radius 2 is 2.07 bits per heavy atom. The Morgan fingerprint density at radius 1 is 1.29 bits per heavy atom. The summed E-state index contributed by atoms with van der Waals surface area (Å²) < 4.78 is 1.05. The Kier molecular flexibility index (Phi) is 2.39. The van der Waals surface area contributed by atoms with Crippen LogP contribution in [0, 0.1) is 6.92 Å². The topological polar surface area (TPSA) is 50.9 Å². The summed E-state index contributed by atoms with van der Waals surface area (Å²) in [5.41, 5.74) is 4.65. The molecule has 0 saturated carbocycles. The van der Waals surface area contributed by atoms with E-state index in [4.69, 9.17) is 5.84 Å². The first-order valence-electron chi connectivity index (χ1n) is 4.25. The maximum atomic E-state index is 5.30. The molecule has 1 aromatic carbocycles. The van der Waals surface area contributed by atoms with Gasteiger partial charge in [-0.3, -0.25) is 0 Å². The Bertz CT molecular complexity index is 482. The minimum atomic E-state index is 0.679. The van der Waals surface area contributed by atoms with Crippen molar-refractivity contribution in [3.8, 4) is 0 Å². The van der Waals surface area contributed by atoms with Crippen LogP contribution in [0.3, 0.4) is 0 Å². The van der Waals surface area contributed by atoms with Gasteiger partial charge < -0.3 is 5.43 Å². The maximum absolute atomic E-state index is 5.30. The summed E-state index contributed by atoms with van der Waals surface area (Å²) in [6.45, 7) is 2.03. The van der Waals surface area contributed by atoms with Crippen molar-refractivity contribution in [3.05, 3.63) is 34.3 Å². The van der Waals surface area contributed by atoms with E-state index < -0.39 is 0 Å². The molecule has 1 aromatic heterocycles. The molecule has 0 aliphatic rings.